The maximum atomic E-state index is 12.4. The van der Waals surface area contributed by atoms with Crippen molar-refractivity contribution in [3.05, 3.63) is 35.9 Å². The maximum Gasteiger partial charge on any atom is 0.316 e. The molecule has 3 saturated heterocycles. The first-order valence-electron chi connectivity index (χ1n) is 7.92. The number of hydrogen-bond donors (Lipinski definition) is 1. The molecule has 0 spiro atoms. The molecule has 1 aromatic carbocycles. The van der Waals surface area contributed by atoms with Crippen molar-refractivity contribution in [1.29, 1.82) is 0 Å². The van der Waals surface area contributed by atoms with Gasteiger partial charge in [0.25, 0.3) is 0 Å². The van der Waals surface area contributed by atoms with E-state index in [4.69, 9.17) is 9.47 Å². The van der Waals surface area contributed by atoms with Crippen molar-refractivity contribution in [3.8, 4) is 0 Å². The normalized spacial score (nSPS) is 35.8. The molecule has 126 valence electrons. The highest BCUT2D eigenvalue weighted by Gasteiger charge is 2.62. The number of piperidine rings is 1. The van der Waals surface area contributed by atoms with Crippen molar-refractivity contribution in [2.24, 2.45) is 0 Å². The van der Waals surface area contributed by atoms with Gasteiger partial charge in [-0.3, -0.25) is 9.69 Å². The van der Waals surface area contributed by atoms with Crippen LogP contribution in [0.3, 0.4) is 0 Å². The Morgan fingerprint density at radius 2 is 1.91 bits per heavy atom. The number of hydrogen-bond acceptors (Lipinski definition) is 5. The number of aliphatic hydroxyl groups excluding tert-OH is 1. The molecule has 5 unspecified atom stereocenters. The van der Waals surface area contributed by atoms with E-state index in [1.165, 1.54) is 0 Å². The summed E-state index contributed by atoms with van der Waals surface area (Å²) >= 11 is 0. The standard InChI is InChI=1S/C17H21NO4.HI/c1-18-13-7-11(8-14(18)16-15(13)22-16)21-17(20)12(9-19)10-5-3-2-4-6-10;/h2-6,11-16,19H,7-9H2,1H3;1H. The minimum absolute atomic E-state index is 0. The number of nitrogens with zero attached hydrogens (tertiary/aromatic N) is 1. The third kappa shape index (κ3) is 3.01. The molecule has 2 bridgehead atoms. The third-order valence-corrected chi connectivity index (χ3v) is 5.33. The van der Waals surface area contributed by atoms with Crippen molar-refractivity contribution in [2.45, 2.75) is 49.2 Å². The highest BCUT2D eigenvalue weighted by molar-refractivity contribution is 14.0. The second-order valence-electron chi connectivity index (χ2n) is 6.54. The summed E-state index contributed by atoms with van der Waals surface area (Å²) in [5.41, 5.74) is 0.803. The fourth-order valence-electron chi connectivity index (χ4n) is 4.04. The Labute approximate surface area is 153 Å². The van der Waals surface area contributed by atoms with Crippen LogP contribution in [0.15, 0.2) is 30.3 Å². The number of fused-ring (bicyclic) bond motifs is 5. The Morgan fingerprint density at radius 3 is 2.48 bits per heavy atom. The van der Waals surface area contributed by atoms with Crippen LogP contribution >= 0.6 is 24.0 Å². The lowest BCUT2D eigenvalue weighted by Gasteiger charge is -2.38. The Morgan fingerprint density at radius 1 is 1.30 bits per heavy atom. The molecule has 0 amide bonds. The number of carbonyl (C=O) groups is 1. The van der Waals surface area contributed by atoms with E-state index in [1.54, 1.807) is 0 Å². The van der Waals surface area contributed by atoms with E-state index >= 15 is 0 Å². The molecule has 0 radical (unpaired) electrons. The van der Waals surface area contributed by atoms with Crippen LogP contribution in [0.4, 0.5) is 0 Å². The minimum atomic E-state index is -0.593. The van der Waals surface area contributed by atoms with Crippen LogP contribution in [0.1, 0.15) is 24.3 Å². The third-order valence-electron chi connectivity index (χ3n) is 5.33. The summed E-state index contributed by atoms with van der Waals surface area (Å²) in [6.07, 6.45) is 2.26. The highest BCUT2D eigenvalue weighted by Crippen LogP contribution is 2.48. The Balaban J connectivity index is 0.00000156. The molecule has 4 rings (SSSR count). The average molecular weight is 431 g/mol. The lowest BCUT2D eigenvalue weighted by molar-refractivity contribution is -0.156. The van der Waals surface area contributed by atoms with E-state index in [0.717, 1.165) is 18.4 Å². The summed E-state index contributed by atoms with van der Waals surface area (Å²) in [5, 5.41) is 9.56. The van der Waals surface area contributed by atoms with Crippen LogP contribution in [0.5, 0.6) is 0 Å². The number of ether oxygens (including phenoxy) is 2. The van der Waals surface area contributed by atoms with Gasteiger partial charge < -0.3 is 14.6 Å². The summed E-state index contributed by atoms with van der Waals surface area (Å²) in [6.45, 7) is -0.226. The number of carbonyl (C=O) groups excluding carboxylic acids is 1. The first-order valence-corrected chi connectivity index (χ1v) is 7.92. The summed E-state index contributed by atoms with van der Waals surface area (Å²) in [4.78, 5) is 14.8. The number of rotatable bonds is 4. The van der Waals surface area contributed by atoms with Gasteiger partial charge in [-0.1, -0.05) is 30.3 Å². The van der Waals surface area contributed by atoms with Crippen LogP contribution in [-0.2, 0) is 14.3 Å². The van der Waals surface area contributed by atoms with E-state index in [2.05, 4.69) is 11.9 Å². The molecule has 5 atom stereocenters. The van der Waals surface area contributed by atoms with Gasteiger partial charge in [0.05, 0.1) is 6.61 Å². The summed E-state index contributed by atoms with van der Waals surface area (Å²) in [6, 6.07) is 10.1. The van der Waals surface area contributed by atoms with Crippen molar-refractivity contribution in [2.75, 3.05) is 13.7 Å². The topological polar surface area (TPSA) is 62.3 Å². The first kappa shape index (κ1) is 17.1. The Hall–Kier alpha value is -0.700. The van der Waals surface area contributed by atoms with Crippen LogP contribution in [0.2, 0.25) is 0 Å². The molecular formula is C17H22INO4. The van der Waals surface area contributed by atoms with Gasteiger partial charge in [-0.25, -0.2) is 0 Å². The lowest BCUT2D eigenvalue weighted by atomic mass is 9.97. The second kappa shape index (κ2) is 6.66. The Kier molecular flexibility index (Phi) is 4.96. The van der Waals surface area contributed by atoms with Crippen LogP contribution in [0, 0.1) is 0 Å². The smallest absolute Gasteiger partial charge is 0.316 e. The molecule has 23 heavy (non-hydrogen) atoms. The van der Waals surface area contributed by atoms with E-state index in [9.17, 15) is 9.90 Å². The molecule has 0 saturated carbocycles. The molecule has 3 aliphatic rings. The van der Waals surface area contributed by atoms with Gasteiger partial charge in [-0.05, 0) is 12.6 Å². The fourth-order valence-corrected chi connectivity index (χ4v) is 4.04. The molecule has 3 aliphatic heterocycles. The lowest BCUT2D eigenvalue weighted by Crippen LogP contribution is -2.48. The molecule has 3 heterocycles. The van der Waals surface area contributed by atoms with Gasteiger partial charge in [-0.15, -0.1) is 24.0 Å². The van der Waals surface area contributed by atoms with Gasteiger partial charge in [0.2, 0.25) is 0 Å². The van der Waals surface area contributed by atoms with Crippen molar-refractivity contribution < 1.29 is 19.4 Å². The van der Waals surface area contributed by atoms with Crippen molar-refractivity contribution >= 4 is 29.9 Å². The number of esters is 1. The van der Waals surface area contributed by atoms with E-state index in [1.807, 2.05) is 30.3 Å². The van der Waals surface area contributed by atoms with Crippen molar-refractivity contribution in [1.82, 2.24) is 4.90 Å². The van der Waals surface area contributed by atoms with Crippen LogP contribution in [0.25, 0.3) is 0 Å². The molecule has 0 aromatic heterocycles. The summed E-state index contributed by atoms with van der Waals surface area (Å²) < 4.78 is 11.4. The van der Waals surface area contributed by atoms with E-state index in [0.29, 0.717) is 24.3 Å². The van der Waals surface area contributed by atoms with Gasteiger partial charge in [-0.2, -0.15) is 0 Å². The molecular weight excluding hydrogens is 409 g/mol. The van der Waals surface area contributed by atoms with Gasteiger partial charge in [0.1, 0.15) is 24.2 Å². The molecule has 1 aromatic rings. The average Bonchev–Trinajstić information content (AvgIpc) is 3.27. The van der Waals surface area contributed by atoms with Crippen LogP contribution in [-0.4, -0.2) is 60.0 Å². The Bertz CT molecular complexity index is 551. The quantitative estimate of drug-likeness (QED) is 0.445. The molecule has 6 heteroatoms. The molecule has 3 fully saturated rings. The largest absolute Gasteiger partial charge is 0.462 e. The monoisotopic (exact) mass is 431 g/mol. The number of morpholine rings is 1. The van der Waals surface area contributed by atoms with Gasteiger partial charge in [0, 0.05) is 24.9 Å². The number of epoxide rings is 1. The summed E-state index contributed by atoms with van der Waals surface area (Å²) in [7, 11) is 2.13. The predicted molar refractivity (Wildman–Crippen MR) is 94.8 cm³/mol. The fraction of sp³-hybridized carbons (Fsp3) is 0.588. The zero-order valence-corrected chi connectivity index (χ0v) is 15.3. The van der Waals surface area contributed by atoms with Gasteiger partial charge in [0.15, 0.2) is 0 Å². The maximum absolute atomic E-state index is 12.4. The zero-order valence-electron chi connectivity index (χ0n) is 13.0. The second-order valence-corrected chi connectivity index (χ2v) is 6.54. The number of benzene rings is 1. The number of likely N-dealkylation sites (N-methyl/N-ethyl adjacent to an activating group) is 1. The molecule has 0 aliphatic carbocycles. The molecule has 5 nitrogen and oxygen atoms in total. The number of halogens is 1. The first-order chi connectivity index (χ1) is 10.7. The highest BCUT2D eigenvalue weighted by atomic mass is 127. The predicted octanol–water partition coefficient (Wildman–Crippen LogP) is 1.54. The summed E-state index contributed by atoms with van der Waals surface area (Å²) in [5.74, 6) is -0.915. The van der Waals surface area contributed by atoms with Crippen LogP contribution < -0.4 is 0 Å². The SMILES string of the molecule is CN1C2CC(OC(=O)C(CO)c3ccccc3)CC1C1OC12.I. The minimum Gasteiger partial charge on any atom is -0.462 e. The van der Waals surface area contributed by atoms with E-state index < -0.39 is 5.92 Å². The van der Waals surface area contributed by atoms with Gasteiger partial charge >= 0.3 is 5.97 Å². The number of aliphatic hydroxyl groups is 1. The van der Waals surface area contributed by atoms with Crippen molar-refractivity contribution in [3.63, 3.8) is 0 Å². The van der Waals surface area contributed by atoms with E-state index in [-0.39, 0.29) is 42.7 Å². The molecule has 1 N–H and O–H groups in total. The zero-order chi connectivity index (χ0) is 15.3.